The molecule has 1 fully saturated rings. The van der Waals surface area contributed by atoms with Crippen LogP contribution in [0.4, 0.5) is 0 Å². The highest BCUT2D eigenvalue weighted by molar-refractivity contribution is 9.10. The molecule has 1 aromatic carbocycles. The molecule has 1 aromatic heterocycles. The van der Waals surface area contributed by atoms with E-state index >= 15 is 0 Å². The number of rotatable bonds is 5. The van der Waals surface area contributed by atoms with Crippen LogP contribution >= 0.6 is 15.9 Å². The van der Waals surface area contributed by atoms with Crippen molar-refractivity contribution in [1.29, 1.82) is 0 Å². The monoisotopic (exact) mass is 375 g/mol. The fourth-order valence-electron chi connectivity index (χ4n) is 2.97. The van der Waals surface area contributed by atoms with Gasteiger partial charge < -0.3 is 4.90 Å². The van der Waals surface area contributed by atoms with Gasteiger partial charge in [0.1, 0.15) is 0 Å². The van der Waals surface area contributed by atoms with Crippen molar-refractivity contribution in [3.8, 4) is 0 Å². The van der Waals surface area contributed by atoms with Crippen molar-refractivity contribution < 1.29 is 4.79 Å². The smallest absolute Gasteiger partial charge is 0.227 e. The van der Waals surface area contributed by atoms with Crippen LogP contribution in [0.1, 0.15) is 35.4 Å². The van der Waals surface area contributed by atoms with Gasteiger partial charge in [-0.05, 0) is 44.4 Å². The summed E-state index contributed by atoms with van der Waals surface area (Å²) in [6.07, 6.45) is 2.67. The fourth-order valence-corrected chi connectivity index (χ4v) is 3.41. The van der Waals surface area contributed by atoms with E-state index in [9.17, 15) is 4.79 Å². The first-order valence-electron chi connectivity index (χ1n) is 7.98. The standard InChI is InChI=1S/C18H22BrN3O/c1-12-17(13(2)21(3)20-12)10-18(23)22(16-7-8-16)11-14-5-4-6-15(19)9-14/h4-6,9,16H,7-8,10-11H2,1-3H3. The van der Waals surface area contributed by atoms with Crippen molar-refractivity contribution in [2.45, 2.75) is 45.7 Å². The SMILES string of the molecule is Cc1nn(C)c(C)c1CC(=O)N(Cc1cccc(Br)c1)C1CC1. The zero-order chi connectivity index (χ0) is 16.6. The molecule has 3 rings (SSSR count). The zero-order valence-corrected chi connectivity index (χ0v) is 15.4. The molecule has 1 aliphatic carbocycles. The Morgan fingerprint density at radius 2 is 2.13 bits per heavy atom. The molecule has 5 heteroatoms. The molecule has 23 heavy (non-hydrogen) atoms. The van der Waals surface area contributed by atoms with E-state index in [1.807, 2.05) is 42.6 Å². The predicted molar refractivity (Wildman–Crippen MR) is 94.1 cm³/mol. The van der Waals surface area contributed by atoms with Crippen LogP contribution in [0.5, 0.6) is 0 Å². The maximum Gasteiger partial charge on any atom is 0.227 e. The maximum absolute atomic E-state index is 12.9. The molecule has 0 unspecified atom stereocenters. The molecular formula is C18H22BrN3O. The summed E-state index contributed by atoms with van der Waals surface area (Å²) >= 11 is 3.50. The predicted octanol–water partition coefficient (Wildman–Crippen LogP) is 3.53. The molecule has 2 aromatic rings. The summed E-state index contributed by atoms with van der Waals surface area (Å²) in [6, 6.07) is 8.59. The van der Waals surface area contributed by atoms with Crippen molar-refractivity contribution in [2.75, 3.05) is 0 Å². The number of aryl methyl sites for hydroxylation is 2. The average molecular weight is 376 g/mol. The number of hydrogen-bond donors (Lipinski definition) is 0. The van der Waals surface area contributed by atoms with Gasteiger partial charge in [0.05, 0.1) is 12.1 Å². The Kier molecular flexibility index (Phi) is 4.57. The van der Waals surface area contributed by atoms with Gasteiger partial charge in [0.15, 0.2) is 0 Å². The largest absolute Gasteiger partial charge is 0.335 e. The Labute approximate surface area is 145 Å². The molecule has 0 aliphatic heterocycles. The third-order valence-electron chi connectivity index (χ3n) is 4.54. The van der Waals surface area contributed by atoms with Gasteiger partial charge in [-0.2, -0.15) is 5.10 Å². The highest BCUT2D eigenvalue weighted by atomic mass is 79.9. The van der Waals surface area contributed by atoms with E-state index in [0.717, 1.165) is 34.3 Å². The number of nitrogens with zero attached hydrogens (tertiary/aromatic N) is 3. The summed E-state index contributed by atoms with van der Waals surface area (Å²) in [5, 5.41) is 4.42. The number of halogens is 1. The lowest BCUT2D eigenvalue weighted by Gasteiger charge is -2.23. The first-order chi connectivity index (χ1) is 11.0. The zero-order valence-electron chi connectivity index (χ0n) is 13.8. The highest BCUT2D eigenvalue weighted by Crippen LogP contribution is 2.30. The normalized spacial score (nSPS) is 14.1. The summed E-state index contributed by atoms with van der Waals surface area (Å²) in [6.45, 7) is 4.69. The van der Waals surface area contributed by atoms with Crippen LogP contribution in [0.15, 0.2) is 28.7 Å². The Bertz CT molecular complexity index is 734. The Morgan fingerprint density at radius 3 is 2.70 bits per heavy atom. The van der Waals surface area contributed by atoms with Gasteiger partial charge in [-0.3, -0.25) is 9.48 Å². The summed E-state index contributed by atoms with van der Waals surface area (Å²) < 4.78 is 2.91. The Hall–Kier alpha value is -1.62. The highest BCUT2D eigenvalue weighted by Gasteiger charge is 2.33. The second-order valence-corrected chi connectivity index (χ2v) is 7.25. The average Bonchev–Trinajstić information content (AvgIpc) is 3.30. The van der Waals surface area contributed by atoms with Crippen molar-refractivity contribution in [3.05, 3.63) is 51.3 Å². The number of carbonyl (C=O) groups excluding carboxylic acids is 1. The second kappa shape index (κ2) is 6.48. The fraction of sp³-hybridized carbons (Fsp3) is 0.444. The minimum Gasteiger partial charge on any atom is -0.335 e. The van der Waals surface area contributed by atoms with Crippen molar-refractivity contribution in [1.82, 2.24) is 14.7 Å². The van der Waals surface area contributed by atoms with Crippen LogP contribution in [0.2, 0.25) is 0 Å². The molecule has 0 atom stereocenters. The molecule has 0 spiro atoms. The van der Waals surface area contributed by atoms with Crippen LogP contribution in [0, 0.1) is 13.8 Å². The molecule has 1 aliphatic rings. The summed E-state index contributed by atoms with van der Waals surface area (Å²) in [4.78, 5) is 14.9. The molecule has 1 saturated carbocycles. The minimum atomic E-state index is 0.201. The van der Waals surface area contributed by atoms with E-state index in [1.54, 1.807) is 0 Å². The third kappa shape index (κ3) is 3.66. The molecular weight excluding hydrogens is 354 g/mol. The topological polar surface area (TPSA) is 38.1 Å². The van der Waals surface area contributed by atoms with E-state index in [4.69, 9.17) is 0 Å². The van der Waals surface area contributed by atoms with Crippen LogP contribution < -0.4 is 0 Å². The Balaban J connectivity index is 1.77. The van der Waals surface area contributed by atoms with Crippen LogP contribution in [0.25, 0.3) is 0 Å². The summed E-state index contributed by atoms with van der Waals surface area (Å²) in [5.41, 5.74) is 4.27. The van der Waals surface area contributed by atoms with Crippen molar-refractivity contribution >= 4 is 21.8 Å². The maximum atomic E-state index is 12.9. The lowest BCUT2D eigenvalue weighted by atomic mass is 10.1. The molecule has 122 valence electrons. The second-order valence-electron chi connectivity index (χ2n) is 6.33. The number of hydrogen-bond acceptors (Lipinski definition) is 2. The van der Waals surface area contributed by atoms with Gasteiger partial charge >= 0.3 is 0 Å². The van der Waals surface area contributed by atoms with Gasteiger partial charge in [0.25, 0.3) is 0 Å². The van der Waals surface area contributed by atoms with Gasteiger partial charge in [-0.25, -0.2) is 0 Å². The van der Waals surface area contributed by atoms with E-state index < -0.39 is 0 Å². The van der Waals surface area contributed by atoms with Crippen LogP contribution in [-0.4, -0.2) is 26.6 Å². The van der Waals surface area contributed by atoms with Gasteiger partial charge in [0, 0.05) is 35.4 Å². The van der Waals surface area contributed by atoms with Gasteiger partial charge in [-0.15, -0.1) is 0 Å². The summed E-state index contributed by atoms with van der Waals surface area (Å²) in [7, 11) is 1.93. The molecule has 4 nitrogen and oxygen atoms in total. The molecule has 0 N–H and O–H groups in total. The molecule has 1 heterocycles. The summed E-state index contributed by atoms with van der Waals surface area (Å²) in [5.74, 6) is 0.201. The molecule has 0 radical (unpaired) electrons. The van der Waals surface area contributed by atoms with Crippen LogP contribution in [-0.2, 0) is 24.8 Å². The first kappa shape index (κ1) is 16.2. The van der Waals surface area contributed by atoms with Crippen LogP contribution in [0.3, 0.4) is 0 Å². The lowest BCUT2D eigenvalue weighted by molar-refractivity contribution is -0.131. The van der Waals surface area contributed by atoms with E-state index in [1.165, 1.54) is 5.56 Å². The van der Waals surface area contributed by atoms with E-state index in [0.29, 0.717) is 19.0 Å². The van der Waals surface area contributed by atoms with Gasteiger partial charge in [-0.1, -0.05) is 28.1 Å². The molecule has 0 saturated heterocycles. The van der Waals surface area contributed by atoms with E-state index in [-0.39, 0.29) is 5.91 Å². The lowest BCUT2D eigenvalue weighted by Crippen LogP contribution is -2.34. The van der Waals surface area contributed by atoms with E-state index in [2.05, 4.69) is 33.2 Å². The Morgan fingerprint density at radius 1 is 1.39 bits per heavy atom. The minimum absolute atomic E-state index is 0.201. The van der Waals surface area contributed by atoms with Gasteiger partial charge in [0.2, 0.25) is 5.91 Å². The third-order valence-corrected chi connectivity index (χ3v) is 5.03. The quantitative estimate of drug-likeness (QED) is 0.801. The first-order valence-corrected chi connectivity index (χ1v) is 8.78. The number of carbonyl (C=O) groups is 1. The molecule has 0 bridgehead atoms. The number of amides is 1. The molecule has 1 amide bonds. The van der Waals surface area contributed by atoms with Crippen molar-refractivity contribution in [3.63, 3.8) is 0 Å². The number of benzene rings is 1. The van der Waals surface area contributed by atoms with Crippen molar-refractivity contribution in [2.24, 2.45) is 7.05 Å². The number of aromatic nitrogens is 2.